The molecule has 1 N–H and O–H groups in total. The predicted octanol–water partition coefficient (Wildman–Crippen LogP) is 2.41. The van der Waals surface area contributed by atoms with Crippen LogP contribution >= 0.6 is 0 Å². The van der Waals surface area contributed by atoms with Gasteiger partial charge in [-0.1, -0.05) is 25.1 Å². The van der Waals surface area contributed by atoms with Crippen molar-refractivity contribution in [3.8, 4) is 0 Å². The Morgan fingerprint density at radius 3 is 2.47 bits per heavy atom. The van der Waals surface area contributed by atoms with Gasteiger partial charge in [0.05, 0.1) is 6.10 Å². The fraction of sp³-hybridized carbons (Fsp3) is 0.625. The fourth-order valence-corrected chi connectivity index (χ4v) is 3.04. The lowest BCUT2D eigenvalue weighted by Crippen LogP contribution is -2.47. The molecule has 0 radical (unpaired) electrons. The van der Waals surface area contributed by atoms with E-state index in [1.165, 1.54) is 31.6 Å². The van der Waals surface area contributed by atoms with Crippen molar-refractivity contribution in [3.05, 3.63) is 29.8 Å². The number of rotatable bonds is 4. The molecule has 0 aromatic heterocycles. The van der Waals surface area contributed by atoms with Crippen molar-refractivity contribution in [1.29, 1.82) is 0 Å². The van der Waals surface area contributed by atoms with Gasteiger partial charge in [-0.05, 0) is 25.3 Å². The molecule has 2 fully saturated rings. The largest absolute Gasteiger partial charge is 0.388 e. The van der Waals surface area contributed by atoms with Gasteiger partial charge >= 0.3 is 0 Å². The number of anilines is 1. The van der Waals surface area contributed by atoms with Gasteiger partial charge in [0.15, 0.2) is 0 Å². The number of nitrogens with zero attached hydrogens (tertiary/aromatic N) is 2. The van der Waals surface area contributed by atoms with E-state index in [1.807, 2.05) is 13.0 Å². The fourth-order valence-electron chi connectivity index (χ4n) is 3.04. The molecule has 0 spiro atoms. The lowest BCUT2D eigenvalue weighted by Gasteiger charge is -2.37. The van der Waals surface area contributed by atoms with Crippen LogP contribution in [0.5, 0.6) is 0 Å². The van der Waals surface area contributed by atoms with Crippen LogP contribution in [-0.2, 0) is 0 Å². The summed E-state index contributed by atoms with van der Waals surface area (Å²) in [6.45, 7) is 6.54. The predicted molar refractivity (Wildman–Crippen MR) is 78.5 cm³/mol. The molecule has 2 aliphatic rings. The van der Waals surface area contributed by atoms with Gasteiger partial charge in [0, 0.05) is 43.5 Å². The summed E-state index contributed by atoms with van der Waals surface area (Å²) in [6, 6.07) is 9.20. The van der Waals surface area contributed by atoms with Crippen LogP contribution in [0.15, 0.2) is 24.3 Å². The highest BCUT2D eigenvalue weighted by Crippen LogP contribution is 2.31. The van der Waals surface area contributed by atoms with E-state index in [0.29, 0.717) is 0 Å². The van der Waals surface area contributed by atoms with E-state index < -0.39 is 0 Å². The minimum absolute atomic E-state index is 0.335. The minimum atomic E-state index is -0.335. The van der Waals surface area contributed by atoms with Crippen molar-refractivity contribution in [2.45, 2.75) is 38.3 Å². The second-order valence-corrected chi connectivity index (χ2v) is 5.74. The molecule has 1 saturated heterocycles. The number of aliphatic hydroxyl groups is 1. The molecular formula is C16H24N2O. The summed E-state index contributed by atoms with van der Waals surface area (Å²) in [5.74, 6) is 0. The van der Waals surface area contributed by atoms with Crippen LogP contribution in [0, 0.1) is 0 Å². The Balaban J connectivity index is 1.71. The maximum Gasteiger partial charge on any atom is 0.0807 e. The third kappa shape index (κ3) is 2.77. The molecule has 1 aliphatic heterocycles. The van der Waals surface area contributed by atoms with E-state index in [4.69, 9.17) is 0 Å². The van der Waals surface area contributed by atoms with Crippen molar-refractivity contribution in [1.82, 2.24) is 4.90 Å². The smallest absolute Gasteiger partial charge is 0.0807 e. The second kappa shape index (κ2) is 5.51. The third-order valence-electron chi connectivity index (χ3n) is 4.40. The van der Waals surface area contributed by atoms with Crippen LogP contribution in [0.1, 0.15) is 37.9 Å². The summed E-state index contributed by atoms with van der Waals surface area (Å²) >= 11 is 0. The molecule has 3 nitrogen and oxygen atoms in total. The lowest BCUT2D eigenvalue weighted by molar-refractivity contribution is 0.173. The van der Waals surface area contributed by atoms with Gasteiger partial charge in [0.25, 0.3) is 0 Å². The van der Waals surface area contributed by atoms with E-state index in [9.17, 15) is 5.11 Å². The summed E-state index contributed by atoms with van der Waals surface area (Å²) in [7, 11) is 0. The molecule has 1 heterocycles. The molecule has 0 amide bonds. The second-order valence-electron chi connectivity index (χ2n) is 5.74. The molecule has 1 aromatic rings. The highest BCUT2D eigenvalue weighted by atomic mass is 16.3. The van der Waals surface area contributed by atoms with Crippen LogP contribution in [0.3, 0.4) is 0 Å². The Morgan fingerprint density at radius 1 is 1.16 bits per heavy atom. The Kier molecular flexibility index (Phi) is 3.76. The van der Waals surface area contributed by atoms with Gasteiger partial charge in [-0.2, -0.15) is 0 Å². The average Bonchev–Trinajstić information content (AvgIpc) is 3.31. The van der Waals surface area contributed by atoms with E-state index in [0.717, 1.165) is 31.1 Å². The van der Waals surface area contributed by atoms with Gasteiger partial charge in [0.1, 0.15) is 0 Å². The van der Waals surface area contributed by atoms with E-state index in [-0.39, 0.29) is 6.10 Å². The topological polar surface area (TPSA) is 26.7 Å². The molecule has 1 saturated carbocycles. The van der Waals surface area contributed by atoms with Crippen molar-refractivity contribution < 1.29 is 5.11 Å². The average molecular weight is 260 g/mol. The number of hydrogen-bond acceptors (Lipinski definition) is 3. The standard InChI is InChI=1S/C16H24N2O/c1-2-16(19)14-5-3-4-6-15(14)18-11-9-17(10-12-18)13-7-8-13/h3-6,13,16,19H,2,7-12H2,1H3/t16-/m0/s1. The Hall–Kier alpha value is -1.06. The molecule has 1 aliphatic carbocycles. The van der Waals surface area contributed by atoms with Crippen molar-refractivity contribution >= 4 is 5.69 Å². The van der Waals surface area contributed by atoms with Gasteiger partial charge in [-0.3, -0.25) is 4.90 Å². The minimum Gasteiger partial charge on any atom is -0.388 e. The quantitative estimate of drug-likeness (QED) is 0.900. The number of benzene rings is 1. The molecule has 104 valence electrons. The monoisotopic (exact) mass is 260 g/mol. The van der Waals surface area contributed by atoms with Gasteiger partial charge in [-0.15, -0.1) is 0 Å². The summed E-state index contributed by atoms with van der Waals surface area (Å²) in [4.78, 5) is 5.06. The first-order valence-electron chi connectivity index (χ1n) is 7.55. The summed E-state index contributed by atoms with van der Waals surface area (Å²) in [5.41, 5.74) is 2.32. The van der Waals surface area contributed by atoms with E-state index >= 15 is 0 Å². The highest BCUT2D eigenvalue weighted by molar-refractivity contribution is 5.55. The van der Waals surface area contributed by atoms with Gasteiger partial charge in [0.2, 0.25) is 0 Å². The molecule has 0 bridgehead atoms. The van der Waals surface area contributed by atoms with Crippen LogP contribution in [0.2, 0.25) is 0 Å². The highest BCUT2D eigenvalue weighted by Gasteiger charge is 2.31. The molecule has 1 aromatic carbocycles. The maximum absolute atomic E-state index is 10.2. The Labute approximate surface area is 115 Å². The Bertz CT molecular complexity index is 423. The van der Waals surface area contributed by atoms with Crippen LogP contribution in [0.4, 0.5) is 5.69 Å². The normalized spacial score (nSPS) is 22.5. The van der Waals surface area contributed by atoms with Crippen LogP contribution < -0.4 is 4.90 Å². The van der Waals surface area contributed by atoms with Gasteiger partial charge in [-0.25, -0.2) is 0 Å². The van der Waals surface area contributed by atoms with E-state index in [2.05, 4.69) is 28.0 Å². The summed E-state index contributed by atoms with van der Waals surface area (Å²) in [5, 5.41) is 10.2. The summed E-state index contributed by atoms with van der Waals surface area (Å²) in [6.07, 6.45) is 3.23. The Morgan fingerprint density at radius 2 is 1.84 bits per heavy atom. The van der Waals surface area contributed by atoms with Crippen LogP contribution in [0.25, 0.3) is 0 Å². The summed E-state index contributed by atoms with van der Waals surface area (Å²) < 4.78 is 0. The van der Waals surface area contributed by atoms with Crippen LogP contribution in [-0.4, -0.2) is 42.2 Å². The molecule has 3 heteroatoms. The SMILES string of the molecule is CC[C@H](O)c1ccccc1N1CCN(C2CC2)CC1. The number of piperazine rings is 1. The number of para-hydroxylation sites is 1. The zero-order valence-electron chi connectivity index (χ0n) is 11.8. The number of hydrogen-bond donors (Lipinski definition) is 1. The van der Waals surface area contributed by atoms with E-state index in [1.54, 1.807) is 0 Å². The first kappa shape index (κ1) is 12.9. The lowest BCUT2D eigenvalue weighted by atomic mass is 10.0. The van der Waals surface area contributed by atoms with Crippen molar-refractivity contribution in [3.63, 3.8) is 0 Å². The first-order valence-corrected chi connectivity index (χ1v) is 7.55. The molecule has 19 heavy (non-hydrogen) atoms. The molecule has 1 atom stereocenters. The molecule has 0 unspecified atom stereocenters. The first-order chi connectivity index (χ1) is 9.29. The molecular weight excluding hydrogens is 236 g/mol. The van der Waals surface area contributed by atoms with Crippen molar-refractivity contribution in [2.75, 3.05) is 31.1 Å². The number of aliphatic hydroxyl groups excluding tert-OH is 1. The van der Waals surface area contributed by atoms with Gasteiger partial charge < -0.3 is 10.0 Å². The third-order valence-corrected chi connectivity index (χ3v) is 4.40. The zero-order chi connectivity index (χ0) is 13.2. The molecule has 3 rings (SSSR count). The maximum atomic E-state index is 10.2. The zero-order valence-corrected chi connectivity index (χ0v) is 11.8. The van der Waals surface area contributed by atoms with Crippen molar-refractivity contribution in [2.24, 2.45) is 0 Å².